The van der Waals surface area contributed by atoms with Gasteiger partial charge in [0.15, 0.2) is 5.82 Å². The second kappa shape index (κ2) is 7.64. The lowest BCUT2D eigenvalue weighted by atomic mass is 10.1. The molecule has 0 bridgehead atoms. The zero-order chi connectivity index (χ0) is 20.5. The third kappa shape index (κ3) is 3.84. The molecule has 0 saturated carbocycles. The summed E-state index contributed by atoms with van der Waals surface area (Å²) in [6.07, 6.45) is 0.197. The van der Waals surface area contributed by atoms with E-state index in [2.05, 4.69) is 20.4 Å². The predicted molar refractivity (Wildman–Crippen MR) is 114 cm³/mol. The molecule has 0 fully saturated rings. The normalized spacial score (nSPS) is 11.0. The lowest BCUT2D eigenvalue weighted by Gasteiger charge is -2.11. The van der Waals surface area contributed by atoms with Crippen LogP contribution in [0, 0.1) is 20.8 Å². The van der Waals surface area contributed by atoms with E-state index in [1.807, 2.05) is 45.0 Å². The molecule has 0 atom stereocenters. The van der Waals surface area contributed by atoms with Gasteiger partial charge in [-0.05, 0) is 50.6 Å². The van der Waals surface area contributed by atoms with E-state index in [0.29, 0.717) is 22.3 Å². The Bertz CT molecular complexity index is 1210. The van der Waals surface area contributed by atoms with Crippen LogP contribution in [0.5, 0.6) is 0 Å². The van der Waals surface area contributed by atoms with E-state index < -0.39 is 0 Å². The van der Waals surface area contributed by atoms with Crippen molar-refractivity contribution in [2.45, 2.75) is 27.2 Å². The number of aryl methyl sites for hydroxylation is 3. The first kappa shape index (κ1) is 19.1. The molecule has 0 aliphatic heterocycles. The number of benzene rings is 2. The minimum absolute atomic E-state index is 0.126. The van der Waals surface area contributed by atoms with Gasteiger partial charge in [0.2, 0.25) is 5.91 Å². The predicted octanol–water partition coefficient (Wildman–Crippen LogP) is 4.55. The van der Waals surface area contributed by atoms with E-state index >= 15 is 0 Å². The van der Waals surface area contributed by atoms with E-state index in [1.54, 1.807) is 28.8 Å². The van der Waals surface area contributed by atoms with Crippen molar-refractivity contribution in [2.75, 3.05) is 5.32 Å². The first-order valence-electron chi connectivity index (χ1n) is 9.26. The number of carbonyl (C=O) groups is 1. The number of hydrogen-bond acceptors (Lipinski definition) is 4. The second-order valence-electron chi connectivity index (χ2n) is 6.96. The first-order valence-corrected chi connectivity index (χ1v) is 9.64. The van der Waals surface area contributed by atoms with Crippen LogP contribution in [0.3, 0.4) is 0 Å². The number of halogens is 1. The Kier molecular flexibility index (Phi) is 5.03. The van der Waals surface area contributed by atoms with Crippen molar-refractivity contribution in [2.24, 2.45) is 0 Å². The Labute approximate surface area is 173 Å². The molecule has 0 radical (unpaired) electrons. The number of anilines is 1. The van der Waals surface area contributed by atoms with Crippen molar-refractivity contribution >= 4 is 29.0 Å². The molecule has 0 saturated heterocycles. The molecular formula is C22H20ClN5O. The average Bonchev–Trinajstić information content (AvgIpc) is 3.11. The van der Waals surface area contributed by atoms with Gasteiger partial charge in [-0.2, -0.15) is 4.98 Å². The van der Waals surface area contributed by atoms with Crippen LogP contribution in [0.4, 0.5) is 5.69 Å². The quantitative estimate of drug-likeness (QED) is 0.540. The lowest BCUT2D eigenvalue weighted by molar-refractivity contribution is -0.115. The number of carbonyl (C=O) groups excluding carboxylic acids is 1. The van der Waals surface area contributed by atoms with Gasteiger partial charge in [-0.25, -0.2) is 9.50 Å². The third-order valence-corrected chi connectivity index (χ3v) is 5.15. The van der Waals surface area contributed by atoms with E-state index in [4.69, 9.17) is 11.6 Å². The van der Waals surface area contributed by atoms with Crippen LogP contribution in [0.2, 0.25) is 5.02 Å². The highest BCUT2D eigenvalue weighted by Crippen LogP contribution is 2.22. The summed E-state index contributed by atoms with van der Waals surface area (Å²) in [5.74, 6) is 1.03. The topological polar surface area (TPSA) is 72.2 Å². The number of nitrogens with one attached hydrogen (secondary N) is 1. The van der Waals surface area contributed by atoms with Crippen LogP contribution in [0.1, 0.15) is 22.5 Å². The zero-order valence-electron chi connectivity index (χ0n) is 16.4. The fraction of sp³-hybridized carbons (Fsp3) is 0.182. The molecule has 2 aromatic carbocycles. The molecule has 4 aromatic rings. The average molecular weight is 406 g/mol. The van der Waals surface area contributed by atoms with Crippen molar-refractivity contribution in [1.29, 1.82) is 0 Å². The van der Waals surface area contributed by atoms with Gasteiger partial charge >= 0.3 is 0 Å². The third-order valence-electron chi connectivity index (χ3n) is 4.90. The highest BCUT2D eigenvalue weighted by atomic mass is 35.5. The van der Waals surface area contributed by atoms with Crippen LogP contribution in [-0.4, -0.2) is 25.5 Å². The Morgan fingerprint density at radius 1 is 1.03 bits per heavy atom. The van der Waals surface area contributed by atoms with Gasteiger partial charge in [0.1, 0.15) is 0 Å². The first-order chi connectivity index (χ1) is 13.9. The summed E-state index contributed by atoms with van der Waals surface area (Å²) in [5, 5.41) is 8.16. The maximum atomic E-state index is 12.6. The van der Waals surface area contributed by atoms with E-state index in [1.165, 1.54) is 0 Å². The smallest absolute Gasteiger partial charge is 0.253 e. The van der Waals surface area contributed by atoms with Crippen molar-refractivity contribution in [3.63, 3.8) is 0 Å². The molecule has 0 spiro atoms. The van der Waals surface area contributed by atoms with Crippen LogP contribution in [0.15, 0.2) is 48.5 Å². The maximum Gasteiger partial charge on any atom is 0.253 e. The minimum atomic E-state index is -0.126. The van der Waals surface area contributed by atoms with E-state index in [-0.39, 0.29) is 12.3 Å². The number of nitrogens with zero attached hydrogens (tertiary/aromatic N) is 4. The van der Waals surface area contributed by atoms with Gasteiger partial charge < -0.3 is 5.32 Å². The number of rotatable bonds is 4. The van der Waals surface area contributed by atoms with Crippen LogP contribution >= 0.6 is 11.6 Å². The number of aromatic nitrogens is 4. The molecule has 7 heteroatoms. The van der Waals surface area contributed by atoms with Crippen molar-refractivity contribution < 1.29 is 4.79 Å². The van der Waals surface area contributed by atoms with Gasteiger partial charge in [0, 0.05) is 33.2 Å². The van der Waals surface area contributed by atoms with Crippen molar-refractivity contribution in [3.8, 4) is 11.4 Å². The summed E-state index contributed by atoms with van der Waals surface area (Å²) >= 11 is 5.89. The summed E-state index contributed by atoms with van der Waals surface area (Å²) in [6.45, 7) is 5.85. The van der Waals surface area contributed by atoms with Crippen LogP contribution in [-0.2, 0) is 11.2 Å². The van der Waals surface area contributed by atoms with Gasteiger partial charge in [-0.15, -0.1) is 5.10 Å². The summed E-state index contributed by atoms with van der Waals surface area (Å²) in [4.78, 5) is 21.7. The molecule has 4 rings (SSSR count). The molecule has 0 aliphatic carbocycles. The molecule has 2 aromatic heterocycles. The van der Waals surface area contributed by atoms with Gasteiger partial charge in [0.05, 0.1) is 6.42 Å². The van der Waals surface area contributed by atoms with Crippen molar-refractivity contribution in [1.82, 2.24) is 19.6 Å². The van der Waals surface area contributed by atoms with Crippen LogP contribution < -0.4 is 5.32 Å². The Morgan fingerprint density at radius 2 is 1.76 bits per heavy atom. The summed E-state index contributed by atoms with van der Waals surface area (Å²) in [6, 6.07) is 15.0. The lowest BCUT2D eigenvalue weighted by Crippen LogP contribution is -2.17. The monoisotopic (exact) mass is 405 g/mol. The van der Waals surface area contributed by atoms with Gasteiger partial charge in [0.25, 0.3) is 5.78 Å². The van der Waals surface area contributed by atoms with Crippen molar-refractivity contribution in [3.05, 3.63) is 76.1 Å². The van der Waals surface area contributed by atoms with E-state index in [0.717, 1.165) is 28.1 Å². The van der Waals surface area contributed by atoms with E-state index in [9.17, 15) is 4.79 Å². The SMILES string of the molecule is Cc1ccccc1-c1nc2nc(C)c(CC(=O)Nc3ccc(Cl)cc3)c(C)n2n1. The summed E-state index contributed by atoms with van der Waals surface area (Å²) in [7, 11) is 0. The van der Waals surface area contributed by atoms with Gasteiger partial charge in [-0.1, -0.05) is 35.9 Å². The minimum Gasteiger partial charge on any atom is -0.326 e. The zero-order valence-corrected chi connectivity index (χ0v) is 17.2. The Morgan fingerprint density at radius 3 is 2.48 bits per heavy atom. The molecule has 0 unspecified atom stereocenters. The highest BCUT2D eigenvalue weighted by molar-refractivity contribution is 6.30. The Hall–Kier alpha value is -3.25. The highest BCUT2D eigenvalue weighted by Gasteiger charge is 2.17. The largest absolute Gasteiger partial charge is 0.326 e. The molecule has 1 amide bonds. The molecule has 29 heavy (non-hydrogen) atoms. The molecule has 0 aliphatic rings. The molecule has 1 N–H and O–H groups in total. The number of fused-ring (bicyclic) bond motifs is 1. The fourth-order valence-electron chi connectivity index (χ4n) is 3.30. The fourth-order valence-corrected chi connectivity index (χ4v) is 3.43. The van der Waals surface area contributed by atoms with Gasteiger partial charge in [-0.3, -0.25) is 4.79 Å². The number of amides is 1. The molecule has 146 valence electrons. The Balaban J connectivity index is 1.65. The molecular weight excluding hydrogens is 386 g/mol. The maximum absolute atomic E-state index is 12.6. The molecule has 6 nitrogen and oxygen atoms in total. The summed E-state index contributed by atoms with van der Waals surface area (Å²) in [5.41, 5.74) is 5.23. The standard InChI is InChI=1S/C22H20ClN5O/c1-13-6-4-5-7-18(13)21-26-22-24-14(2)19(15(3)28(22)27-21)12-20(29)25-17-10-8-16(23)9-11-17/h4-11H,12H2,1-3H3,(H,25,29). The van der Waals surface area contributed by atoms with Crippen LogP contribution in [0.25, 0.3) is 17.2 Å². The summed E-state index contributed by atoms with van der Waals surface area (Å²) < 4.78 is 1.71. The number of hydrogen-bond donors (Lipinski definition) is 1. The second-order valence-corrected chi connectivity index (χ2v) is 7.39. The molecule has 2 heterocycles.